The van der Waals surface area contributed by atoms with E-state index in [1.165, 1.54) is 24.0 Å². The largest absolute Gasteiger partial charge is 0.454 e. The SMILES string of the molecule is CCCN(CC(=O)Nc1ccccc1C)C(=O)COC(=O)C(C)NS(=O)(=O)c1ccccc1. The van der Waals surface area contributed by atoms with Crippen LogP contribution in [0.4, 0.5) is 5.69 Å². The Morgan fingerprint density at radius 2 is 1.67 bits per heavy atom. The van der Waals surface area contributed by atoms with Gasteiger partial charge in [0, 0.05) is 12.2 Å². The molecule has 0 aromatic heterocycles. The monoisotopic (exact) mass is 475 g/mol. The van der Waals surface area contributed by atoms with Crippen LogP contribution in [0.2, 0.25) is 0 Å². The second-order valence-electron chi connectivity index (χ2n) is 7.44. The lowest BCUT2D eigenvalue weighted by Gasteiger charge is -2.22. The van der Waals surface area contributed by atoms with E-state index in [2.05, 4.69) is 10.0 Å². The minimum absolute atomic E-state index is 0.00881. The Kier molecular flexibility index (Phi) is 9.56. The number of hydrogen-bond acceptors (Lipinski definition) is 6. The minimum atomic E-state index is -3.92. The molecule has 2 amide bonds. The molecule has 0 spiro atoms. The summed E-state index contributed by atoms with van der Waals surface area (Å²) in [7, 11) is -3.92. The minimum Gasteiger partial charge on any atom is -0.454 e. The number of nitrogens with zero attached hydrogens (tertiary/aromatic N) is 1. The third-order valence-electron chi connectivity index (χ3n) is 4.68. The molecule has 0 aliphatic heterocycles. The topological polar surface area (TPSA) is 122 Å². The number of hydrogen-bond donors (Lipinski definition) is 2. The molecule has 0 aliphatic rings. The highest BCUT2D eigenvalue weighted by molar-refractivity contribution is 7.89. The van der Waals surface area contributed by atoms with Crippen LogP contribution in [-0.2, 0) is 29.1 Å². The van der Waals surface area contributed by atoms with Crippen LogP contribution in [-0.4, -0.2) is 56.8 Å². The molecule has 0 fully saturated rings. The fourth-order valence-corrected chi connectivity index (χ4v) is 4.15. The molecule has 178 valence electrons. The second kappa shape index (κ2) is 12.1. The van der Waals surface area contributed by atoms with E-state index in [9.17, 15) is 22.8 Å². The number of carbonyl (C=O) groups is 3. The molecule has 2 aromatic rings. The Labute approximate surface area is 194 Å². The van der Waals surface area contributed by atoms with E-state index in [0.717, 1.165) is 5.56 Å². The Balaban J connectivity index is 1.90. The number of esters is 1. The lowest BCUT2D eigenvalue weighted by molar-refractivity contribution is -0.153. The predicted molar refractivity (Wildman–Crippen MR) is 124 cm³/mol. The van der Waals surface area contributed by atoms with Crippen molar-refractivity contribution in [3.63, 3.8) is 0 Å². The Morgan fingerprint density at radius 1 is 1.03 bits per heavy atom. The maximum Gasteiger partial charge on any atom is 0.324 e. The predicted octanol–water partition coefficient (Wildman–Crippen LogP) is 2.08. The molecule has 2 rings (SSSR count). The molecule has 0 saturated carbocycles. The van der Waals surface area contributed by atoms with E-state index >= 15 is 0 Å². The summed E-state index contributed by atoms with van der Waals surface area (Å²) in [4.78, 5) is 38.5. The first kappa shape index (κ1) is 26.0. The number of carbonyl (C=O) groups excluding carboxylic acids is 3. The molecule has 2 aromatic carbocycles. The van der Waals surface area contributed by atoms with E-state index in [1.54, 1.807) is 30.3 Å². The Bertz CT molecular complexity index is 1070. The number of benzene rings is 2. The lowest BCUT2D eigenvalue weighted by atomic mass is 10.2. The number of nitrogens with one attached hydrogen (secondary N) is 2. The van der Waals surface area contributed by atoms with Crippen LogP contribution in [0.25, 0.3) is 0 Å². The van der Waals surface area contributed by atoms with Crippen LogP contribution in [0.1, 0.15) is 25.8 Å². The Morgan fingerprint density at radius 3 is 2.30 bits per heavy atom. The van der Waals surface area contributed by atoms with Gasteiger partial charge < -0.3 is 15.0 Å². The number of rotatable bonds is 11. The van der Waals surface area contributed by atoms with Crippen molar-refractivity contribution in [2.45, 2.75) is 38.1 Å². The molecule has 0 radical (unpaired) electrons. The van der Waals surface area contributed by atoms with E-state index in [1.807, 2.05) is 26.0 Å². The van der Waals surface area contributed by atoms with Crippen molar-refractivity contribution in [2.75, 3.05) is 25.0 Å². The van der Waals surface area contributed by atoms with E-state index in [-0.39, 0.29) is 17.3 Å². The van der Waals surface area contributed by atoms with Crippen molar-refractivity contribution in [3.05, 3.63) is 60.2 Å². The average molecular weight is 476 g/mol. The fourth-order valence-electron chi connectivity index (χ4n) is 2.94. The number of sulfonamides is 1. The molecule has 2 N–H and O–H groups in total. The van der Waals surface area contributed by atoms with Crippen molar-refractivity contribution in [1.82, 2.24) is 9.62 Å². The van der Waals surface area contributed by atoms with Gasteiger partial charge in [0.05, 0.1) is 11.4 Å². The fraction of sp³-hybridized carbons (Fsp3) is 0.348. The molecule has 0 saturated heterocycles. The zero-order valence-corrected chi connectivity index (χ0v) is 19.7. The number of anilines is 1. The number of amides is 2. The summed E-state index contributed by atoms with van der Waals surface area (Å²) in [6, 6.07) is 13.7. The Hall–Kier alpha value is -3.24. The third kappa shape index (κ3) is 7.99. The summed E-state index contributed by atoms with van der Waals surface area (Å²) in [6.07, 6.45) is 0.602. The molecular weight excluding hydrogens is 446 g/mol. The molecule has 0 aliphatic carbocycles. The highest BCUT2D eigenvalue weighted by Gasteiger charge is 2.25. The van der Waals surface area contributed by atoms with Crippen molar-refractivity contribution in [1.29, 1.82) is 0 Å². The van der Waals surface area contributed by atoms with Crippen molar-refractivity contribution >= 4 is 33.5 Å². The standard InChI is InChI=1S/C23H29N3O6S/c1-4-14-26(15-21(27)24-20-13-9-8-10-17(20)2)22(28)16-32-23(29)18(3)25-33(30,31)19-11-6-5-7-12-19/h5-13,18,25H,4,14-16H2,1-3H3,(H,24,27). The summed E-state index contributed by atoms with van der Waals surface area (Å²) in [5.74, 6) is -1.83. The van der Waals surface area contributed by atoms with Gasteiger partial charge >= 0.3 is 5.97 Å². The maximum absolute atomic E-state index is 12.6. The number of para-hydroxylation sites is 1. The van der Waals surface area contributed by atoms with Crippen molar-refractivity contribution in [2.24, 2.45) is 0 Å². The van der Waals surface area contributed by atoms with E-state index < -0.39 is 34.5 Å². The maximum atomic E-state index is 12.6. The van der Waals surface area contributed by atoms with Gasteiger partial charge in [-0.25, -0.2) is 8.42 Å². The summed E-state index contributed by atoms with van der Waals surface area (Å²) < 4.78 is 31.9. The van der Waals surface area contributed by atoms with Gasteiger partial charge in [0.25, 0.3) is 5.91 Å². The summed E-state index contributed by atoms with van der Waals surface area (Å²) in [5, 5.41) is 2.76. The highest BCUT2D eigenvalue weighted by Crippen LogP contribution is 2.13. The lowest BCUT2D eigenvalue weighted by Crippen LogP contribution is -2.43. The summed E-state index contributed by atoms with van der Waals surface area (Å²) >= 11 is 0. The zero-order valence-electron chi connectivity index (χ0n) is 18.9. The smallest absolute Gasteiger partial charge is 0.324 e. The number of aryl methyl sites for hydroxylation is 1. The average Bonchev–Trinajstić information content (AvgIpc) is 2.78. The van der Waals surface area contributed by atoms with Crippen LogP contribution in [0.3, 0.4) is 0 Å². The summed E-state index contributed by atoms with van der Waals surface area (Å²) in [5.41, 5.74) is 1.54. The summed E-state index contributed by atoms with van der Waals surface area (Å²) in [6.45, 7) is 4.53. The van der Waals surface area contributed by atoms with Crippen molar-refractivity contribution in [3.8, 4) is 0 Å². The molecule has 1 atom stereocenters. The van der Waals surface area contributed by atoms with Gasteiger partial charge in [-0.2, -0.15) is 4.72 Å². The molecule has 33 heavy (non-hydrogen) atoms. The molecular formula is C23H29N3O6S. The first-order valence-electron chi connectivity index (χ1n) is 10.5. The van der Waals surface area contributed by atoms with Crippen molar-refractivity contribution < 1.29 is 27.5 Å². The van der Waals surface area contributed by atoms with Crippen LogP contribution < -0.4 is 10.0 Å². The second-order valence-corrected chi connectivity index (χ2v) is 9.16. The van der Waals surface area contributed by atoms with Crippen LogP contribution in [0.5, 0.6) is 0 Å². The molecule has 9 nitrogen and oxygen atoms in total. The normalized spacial score (nSPS) is 12.0. The molecule has 0 bridgehead atoms. The van der Waals surface area contributed by atoms with Gasteiger partial charge in [0.2, 0.25) is 15.9 Å². The van der Waals surface area contributed by atoms with Gasteiger partial charge in [0.1, 0.15) is 6.04 Å². The molecule has 1 unspecified atom stereocenters. The van der Waals surface area contributed by atoms with Crippen LogP contribution in [0, 0.1) is 6.92 Å². The van der Waals surface area contributed by atoms with Gasteiger partial charge in [-0.15, -0.1) is 0 Å². The number of ether oxygens (including phenoxy) is 1. The third-order valence-corrected chi connectivity index (χ3v) is 6.23. The van der Waals surface area contributed by atoms with E-state index in [4.69, 9.17) is 4.74 Å². The van der Waals surface area contributed by atoms with E-state index in [0.29, 0.717) is 18.7 Å². The van der Waals surface area contributed by atoms with Gasteiger partial charge in [-0.1, -0.05) is 43.3 Å². The highest BCUT2D eigenvalue weighted by atomic mass is 32.2. The quantitative estimate of drug-likeness (QED) is 0.480. The van der Waals surface area contributed by atoms with Crippen LogP contribution >= 0.6 is 0 Å². The first-order valence-corrected chi connectivity index (χ1v) is 12.0. The molecule has 0 heterocycles. The molecule has 10 heteroatoms. The van der Waals surface area contributed by atoms with Gasteiger partial charge in [-0.3, -0.25) is 14.4 Å². The van der Waals surface area contributed by atoms with Gasteiger partial charge in [-0.05, 0) is 44.0 Å². The van der Waals surface area contributed by atoms with Crippen LogP contribution in [0.15, 0.2) is 59.5 Å². The zero-order chi connectivity index (χ0) is 24.4. The van der Waals surface area contributed by atoms with Gasteiger partial charge in [0.15, 0.2) is 6.61 Å². The first-order chi connectivity index (χ1) is 15.6.